The second-order valence-corrected chi connectivity index (χ2v) is 29.3. The molecule has 9 aromatic rings. The first-order chi connectivity index (χ1) is 37.6. The number of nitrogens with zero attached hydrogens (tertiary/aromatic N) is 3. The van der Waals surface area contributed by atoms with Gasteiger partial charge in [-0.2, -0.15) is 0 Å². The number of benzene rings is 8. The molecule has 0 unspecified atom stereocenters. The van der Waals surface area contributed by atoms with Crippen LogP contribution in [0.4, 0.5) is 51.2 Å². The monoisotopic (exact) mass is 1050 g/mol. The molecule has 80 heavy (non-hydrogen) atoms. The summed E-state index contributed by atoms with van der Waals surface area (Å²) in [6.45, 7) is 40.5. The zero-order valence-corrected chi connectivity index (χ0v) is 50.9. The molecule has 2 aliphatic heterocycles. The maximum absolute atomic E-state index is 7.10. The largest absolute Gasteiger partial charge is 0.456 e. The minimum absolute atomic E-state index is 0.00705. The van der Waals surface area contributed by atoms with E-state index in [4.69, 9.17) is 4.42 Å². The zero-order chi connectivity index (χ0) is 56.5. The van der Waals surface area contributed by atoms with Crippen molar-refractivity contribution in [2.24, 2.45) is 0 Å². The summed E-state index contributed by atoms with van der Waals surface area (Å²) < 4.78 is 7.10. The lowest BCUT2D eigenvalue weighted by Crippen LogP contribution is -2.62. The number of rotatable bonds is 5. The van der Waals surface area contributed by atoms with Crippen molar-refractivity contribution in [1.82, 2.24) is 0 Å². The third-order valence-corrected chi connectivity index (χ3v) is 19.7. The quantitative estimate of drug-likeness (QED) is 0.160. The maximum atomic E-state index is 7.10. The molecule has 0 bridgehead atoms. The molecule has 0 atom stereocenters. The molecule has 0 saturated heterocycles. The summed E-state index contributed by atoms with van der Waals surface area (Å²) in [5.74, 6) is 0. The Bertz CT molecular complexity index is 4060. The van der Waals surface area contributed by atoms with E-state index in [-0.39, 0.29) is 39.2 Å². The van der Waals surface area contributed by atoms with E-state index in [1.807, 2.05) is 0 Å². The van der Waals surface area contributed by atoms with Crippen LogP contribution in [-0.2, 0) is 32.5 Å². The number of anilines is 9. The van der Waals surface area contributed by atoms with Gasteiger partial charge in [-0.1, -0.05) is 170 Å². The number of aryl methyl sites for hydroxylation is 3. The highest BCUT2D eigenvalue weighted by Gasteiger charge is 2.48. The Morgan fingerprint density at radius 3 is 1.74 bits per heavy atom. The topological polar surface area (TPSA) is 22.9 Å². The van der Waals surface area contributed by atoms with Crippen LogP contribution >= 0.6 is 0 Å². The number of hydrogen-bond donors (Lipinski definition) is 0. The number of fused-ring (bicyclic) bond motifs is 9. The fraction of sp³-hybridized carbons (Fsp3) is 0.360. The van der Waals surface area contributed by atoms with Gasteiger partial charge in [0.05, 0.1) is 11.1 Å². The van der Waals surface area contributed by atoms with E-state index in [2.05, 4.69) is 272 Å². The van der Waals surface area contributed by atoms with Gasteiger partial charge in [-0.25, -0.2) is 0 Å². The standard InChI is InChI=1S/C75H82BN3O/c1-45-38-64-68-65(39-45)79(61-33-30-53(71(7,8)9)69-67(61)51-23-19-21-25-66(51)80-69)62-42-50(77(59-24-20-18-22-46(59)2)60-32-26-48(40-47(60)3)70(4,5)6)28-31-57(62)76(68)58-43-55-56(75(16,17)37-36-74(55,14)15)44-63(58)78(64)49-27-29-52-54(41-49)73(12,13)35-34-72(52,10)11/h18-33,38-44H,34-37H2,1-17H3. The molecule has 406 valence electrons. The van der Waals surface area contributed by atoms with Gasteiger partial charge < -0.3 is 19.1 Å². The molecule has 8 aromatic carbocycles. The van der Waals surface area contributed by atoms with Crippen LogP contribution in [0, 0.1) is 20.8 Å². The molecule has 4 aliphatic rings. The van der Waals surface area contributed by atoms with Crippen molar-refractivity contribution in [1.29, 1.82) is 0 Å². The van der Waals surface area contributed by atoms with Gasteiger partial charge in [0.2, 0.25) is 0 Å². The highest BCUT2D eigenvalue weighted by atomic mass is 16.3. The van der Waals surface area contributed by atoms with Crippen molar-refractivity contribution in [3.63, 3.8) is 0 Å². The molecule has 13 rings (SSSR count). The van der Waals surface area contributed by atoms with Gasteiger partial charge in [0, 0.05) is 56.4 Å². The van der Waals surface area contributed by atoms with E-state index in [0.717, 1.165) is 52.6 Å². The van der Waals surface area contributed by atoms with E-state index in [9.17, 15) is 0 Å². The first kappa shape index (κ1) is 52.4. The molecule has 0 radical (unpaired) electrons. The number of furan rings is 1. The van der Waals surface area contributed by atoms with Gasteiger partial charge in [-0.05, 0) is 207 Å². The van der Waals surface area contributed by atoms with Gasteiger partial charge in [0.15, 0.2) is 0 Å². The Balaban J connectivity index is 1.16. The molecule has 0 amide bonds. The second-order valence-electron chi connectivity index (χ2n) is 29.3. The Morgan fingerprint density at radius 2 is 1.07 bits per heavy atom. The van der Waals surface area contributed by atoms with Crippen molar-refractivity contribution in [3.8, 4) is 0 Å². The molecule has 4 nitrogen and oxygen atoms in total. The highest BCUT2D eigenvalue weighted by Crippen LogP contribution is 2.55. The Hall–Kier alpha value is -6.98. The van der Waals surface area contributed by atoms with Crippen molar-refractivity contribution in [2.45, 2.75) is 176 Å². The van der Waals surface area contributed by atoms with Crippen LogP contribution in [0.15, 0.2) is 144 Å². The second kappa shape index (κ2) is 17.5. The normalized spacial score (nSPS) is 17.4. The average molecular weight is 1050 g/mol. The molecular formula is C75H82BN3O. The van der Waals surface area contributed by atoms with Crippen LogP contribution < -0.4 is 31.1 Å². The lowest BCUT2D eigenvalue weighted by molar-refractivity contribution is 0.332. The summed E-state index contributed by atoms with van der Waals surface area (Å²) in [7, 11) is 0. The van der Waals surface area contributed by atoms with Crippen molar-refractivity contribution in [3.05, 3.63) is 190 Å². The fourth-order valence-corrected chi connectivity index (χ4v) is 14.8. The van der Waals surface area contributed by atoms with E-state index in [1.165, 1.54) is 113 Å². The van der Waals surface area contributed by atoms with Gasteiger partial charge >= 0.3 is 0 Å². The van der Waals surface area contributed by atoms with Gasteiger partial charge in [-0.15, -0.1) is 0 Å². The smallest absolute Gasteiger partial charge is 0.252 e. The average Bonchev–Trinajstić information content (AvgIpc) is 3.81. The van der Waals surface area contributed by atoms with E-state index >= 15 is 0 Å². The molecule has 0 N–H and O–H groups in total. The Labute approximate surface area is 478 Å². The third kappa shape index (κ3) is 7.97. The predicted octanol–water partition coefficient (Wildman–Crippen LogP) is 19.4. The van der Waals surface area contributed by atoms with Gasteiger partial charge in [0.1, 0.15) is 11.2 Å². The molecule has 0 spiro atoms. The Kier molecular flexibility index (Phi) is 11.5. The molecule has 2 aliphatic carbocycles. The summed E-state index contributed by atoms with van der Waals surface area (Å²) in [5.41, 5.74) is 28.9. The first-order valence-corrected chi connectivity index (χ1v) is 29.8. The maximum Gasteiger partial charge on any atom is 0.252 e. The van der Waals surface area contributed by atoms with E-state index < -0.39 is 0 Å². The van der Waals surface area contributed by atoms with Crippen molar-refractivity contribution >= 4 is 96.2 Å². The van der Waals surface area contributed by atoms with Crippen LogP contribution in [0.5, 0.6) is 0 Å². The molecule has 0 fully saturated rings. The Morgan fingerprint density at radius 1 is 0.475 bits per heavy atom. The zero-order valence-electron chi connectivity index (χ0n) is 50.9. The molecule has 1 aromatic heterocycles. The van der Waals surface area contributed by atoms with Crippen molar-refractivity contribution < 1.29 is 4.42 Å². The lowest BCUT2D eigenvalue weighted by Gasteiger charge is -2.48. The minimum Gasteiger partial charge on any atom is -0.456 e. The molecule has 0 saturated carbocycles. The molecule has 3 heterocycles. The van der Waals surface area contributed by atoms with Gasteiger partial charge in [0.25, 0.3) is 6.71 Å². The summed E-state index contributed by atoms with van der Waals surface area (Å²) in [4.78, 5) is 7.87. The molecular weight excluding hydrogens is 970 g/mol. The van der Waals surface area contributed by atoms with Crippen molar-refractivity contribution in [2.75, 3.05) is 14.7 Å². The first-order valence-electron chi connectivity index (χ1n) is 29.8. The minimum atomic E-state index is -0.163. The van der Waals surface area contributed by atoms with E-state index in [1.54, 1.807) is 0 Å². The van der Waals surface area contributed by atoms with Crippen LogP contribution in [0.25, 0.3) is 21.9 Å². The summed E-state index contributed by atoms with van der Waals surface area (Å²) in [5, 5.41) is 2.28. The number of para-hydroxylation sites is 2. The SMILES string of the molecule is Cc1cc2c3c(c1)N(c1ccc(C(C)(C)C)c4oc5ccccc5c14)c1cc(N(c4ccccc4C)c4ccc(C(C)(C)C)cc4C)ccc1B3c1cc3c(cc1N2c1ccc2c(c1)C(C)(C)CCC2(C)C)C(C)(C)CCC3(C)C. The predicted molar refractivity (Wildman–Crippen MR) is 345 cm³/mol. The van der Waals surface area contributed by atoms with E-state index in [0.29, 0.717) is 0 Å². The summed E-state index contributed by atoms with van der Waals surface area (Å²) in [6.07, 6.45) is 4.64. The third-order valence-electron chi connectivity index (χ3n) is 19.7. The number of hydrogen-bond acceptors (Lipinski definition) is 4. The fourth-order valence-electron chi connectivity index (χ4n) is 14.8. The molecule has 5 heteroatoms. The highest BCUT2D eigenvalue weighted by molar-refractivity contribution is 7.00. The van der Waals surface area contributed by atoms with Crippen LogP contribution in [-0.4, -0.2) is 6.71 Å². The van der Waals surface area contributed by atoms with Crippen LogP contribution in [0.1, 0.15) is 173 Å². The van der Waals surface area contributed by atoms with Gasteiger partial charge in [-0.3, -0.25) is 0 Å². The summed E-state index contributed by atoms with van der Waals surface area (Å²) in [6, 6.07) is 54.8. The summed E-state index contributed by atoms with van der Waals surface area (Å²) >= 11 is 0. The van der Waals surface area contributed by atoms with Crippen LogP contribution in [0.2, 0.25) is 0 Å². The van der Waals surface area contributed by atoms with Crippen LogP contribution in [0.3, 0.4) is 0 Å². The lowest BCUT2D eigenvalue weighted by atomic mass is 9.33.